The first-order valence-corrected chi connectivity index (χ1v) is 7.97. The number of nitrogens with one attached hydrogen (secondary N) is 1. The highest BCUT2D eigenvalue weighted by molar-refractivity contribution is 9.10. The Morgan fingerprint density at radius 1 is 1.19 bits per heavy atom. The molecule has 0 spiro atoms. The second-order valence-electron chi connectivity index (χ2n) is 5.45. The van der Waals surface area contributed by atoms with Crippen LogP contribution in [0.4, 0.5) is 0 Å². The van der Waals surface area contributed by atoms with Crippen molar-refractivity contribution in [1.82, 2.24) is 5.32 Å². The maximum absolute atomic E-state index is 5.73. The zero-order valence-electron chi connectivity index (χ0n) is 12.8. The number of hydrogen-bond donors (Lipinski definition) is 1. The monoisotopic (exact) mass is 351 g/mol. The molecule has 2 rings (SSSR count). The fourth-order valence-corrected chi connectivity index (χ4v) is 2.26. The Bertz CT molecular complexity index is 561. The van der Waals surface area contributed by atoms with Crippen LogP contribution in [-0.2, 0) is 24.5 Å². The Hall–Kier alpha value is -1.10. The molecule has 4 heteroatoms. The zero-order valence-corrected chi connectivity index (χ0v) is 14.4. The standard InChI is InChI=1S/C17H22BrNO2/c1-12(2)19-9-15-8-17(21-13(15)3)11-20-10-14-4-6-16(18)7-5-14/h4-8,12,19H,9-11H2,1-3H3. The summed E-state index contributed by atoms with van der Waals surface area (Å²) in [6, 6.07) is 10.7. The minimum absolute atomic E-state index is 0.469. The molecule has 1 heterocycles. The van der Waals surface area contributed by atoms with Gasteiger partial charge in [0.25, 0.3) is 0 Å². The number of aryl methyl sites for hydroxylation is 1. The van der Waals surface area contributed by atoms with Gasteiger partial charge in [0.05, 0.1) is 6.61 Å². The zero-order chi connectivity index (χ0) is 15.2. The summed E-state index contributed by atoms with van der Waals surface area (Å²) in [5.74, 6) is 1.84. The lowest BCUT2D eigenvalue weighted by Gasteiger charge is -2.06. The number of furan rings is 1. The molecule has 114 valence electrons. The topological polar surface area (TPSA) is 34.4 Å². The van der Waals surface area contributed by atoms with Gasteiger partial charge in [-0.3, -0.25) is 0 Å². The summed E-state index contributed by atoms with van der Waals surface area (Å²) in [4.78, 5) is 0. The van der Waals surface area contributed by atoms with Gasteiger partial charge in [0.2, 0.25) is 0 Å². The van der Waals surface area contributed by atoms with Crippen molar-refractivity contribution in [2.45, 2.75) is 46.6 Å². The summed E-state index contributed by atoms with van der Waals surface area (Å²) in [5, 5.41) is 3.40. The third-order valence-corrected chi connectivity index (χ3v) is 3.73. The third-order valence-electron chi connectivity index (χ3n) is 3.20. The van der Waals surface area contributed by atoms with Gasteiger partial charge in [-0.1, -0.05) is 41.9 Å². The Morgan fingerprint density at radius 3 is 2.57 bits per heavy atom. The van der Waals surface area contributed by atoms with Crippen LogP contribution in [0.1, 0.15) is 36.5 Å². The van der Waals surface area contributed by atoms with E-state index in [0.717, 1.165) is 28.1 Å². The normalized spacial score (nSPS) is 11.3. The van der Waals surface area contributed by atoms with E-state index in [1.807, 2.05) is 19.1 Å². The molecule has 21 heavy (non-hydrogen) atoms. The molecule has 1 N–H and O–H groups in total. The van der Waals surface area contributed by atoms with Crippen LogP contribution in [0.3, 0.4) is 0 Å². The number of benzene rings is 1. The van der Waals surface area contributed by atoms with Crippen molar-refractivity contribution in [2.24, 2.45) is 0 Å². The summed E-state index contributed by atoms with van der Waals surface area (Å²) >= 11 is 3.42. The van der Waals surface area contributed by atoms with Crippen molar-refractivity contribution in [1.29, 1.82) is 0 Å². The molecule has 0 radical (unpaired) electrons. The third kappa shape index (κ3) is 5.30. The summed E-state index contributed by atoms with van der Waals surface area (Å²) in [5.41, 5.74) is 2.36. The lowest BCUT2D eigenvalue weighted by Crippen LogP contribution is -2.21. The number of rotatable bonds is 7. The van der Waals surface area contributed by atoms with Crippen molar-refractivity contribution < 1.29 is 9.15 Å². The molecule has 0 aliphatic rings. The SMILES string of the molecule is Cc1oc(COCc2ccc(Br)cc2)cc1CNC(C)C. The second kappa shape index (κ2) is 7.78. The smallest absolute Gasteiger partial charge is 0.130 e. The molecule has 2 aromatic rings. The van der Waals surface area contributed by atoms with E-state index in [-0.39, 0.29) is 0 Å². The van der Waals surface area contributed by atoms with Crippen LogP contribution in [0, 0.1) is 6.92 Å². The van der Waals surface area contributed by atoms with Crippen LogP contribution in [0.15, 0.2) is 39.2 Å². The van der Waals surface area contributed by atoms with Crippen molar-refractivity contribution >= 4 is 15.9 Å². The fraction of sp³-hybridized carbons (Fsp3) is 0.412. The highest BCUT2D eigenvalue weighted by atomic mass is 79.9. The van der Waals surface area contributed by atoms with E-state index in [9.17, 15) is 0 Å². The summed E-state index contributed by atoms with van der Waals surface area (Å²) < 4.78 is 12.5. The average Bonchev–Trinajstić information content (AvgIpc) is 2.79. The Balaban J connectivity index is 1.83. The molecule has 0 aliphatic heterocycles. The predicted octanol–water partition coefficient (Wildman–Crippen LogP) is 4.57. The van der Waals surface area contributed by atoms with Gasteiger partial charge in [0.15, 0.2) is 0 Å². The Morgan fingerprint density at radius 2 is 1.90 bits per heavy atom. The minimum Gasteiger partial charge on any atom is -0.464 e. The largest absolute Gasteiger partial charge is 0.464 e. The maximum atomic E-state index is 5.73. The average molecular weight is 352 g/mol. The first kappa shape index (κ1) is 16.3. The van der Waals surface area contributed by atoms with Gasteiger partial charge in [0, 0.05) is 22.6 Å². The van der Waals surface area contributed by atoms with E-state index in [2.05, 4.69) is 53.3 Å². The minimum atomic E-state index is 0.469. The van der Waals surface area contributed by atoms with Gasteiger partial charge >= 0.3 is 0 Å². The Kier molecular flexibility index (Phi) is 6.03. The molecule has 0 bridgehead atoms. The summed E-state index contributed by atoms with van der Waals surface area (Å²) in [6.45, 7) is 8.19. The van der Waals surface area contributed by atoms with Crippen molar-refractivity contribution in [2.75, 3.05) is 0 Å². The van der Waals surface area contributed by atoms with Crippen molar-refractivity contribution in [3.8, 4) is 0 Å². The van der Waals surface area contributed by atoms with E-state index >= 15 is 0 Å². The molecule has 1 aromatic carbocycles. The van der Waals surface area contributed by atoms with Crippen LogP contribution < -0.4 is 5.32 Å². The van der Waals surface area contributed by atoms with E-state index < -0.39 is 0 Å². The number of halogens is 1. The molecule has 3 nitrogen and oxygen atoms in total. The number of ether oxygens (including phenoxy) is 1. The maximum Gasteiger partial charge on any atom is 0.130 e. The van der Waals surface area contributed by atoms with Gasteiger partial charge in [-0.05, 0) is 30.7 Å². The fourth-order valence-electron chi connectivity index (χ4n) is 2.00. The van der Waals surface area contributed by atoms with Gasteiger partial charge in [-0.15, -0.1) is 0 Å². The van der Waals surface area contributed by atoms with Crippen LogP contribution in [0.5, 0.6) is 0 Å². The molecule has 0 fully saturated rings. The van der Waals surface area contributed by atoms with Crippen LogP contribution in [-0.4, -0.2) is 6.04 Å². The van der Waals surface area contributed by atoms with E-state index in [1.54, 1.807) is 0 Å². The molecule has 0 saturated heterocycles. The molecular formula is C17H22BrNO2. The molecule has 0 atom stereocenters. The molecule has 0 unspecified atom stereocenters. The molecule has 0 saturated carbocycles. The first-order valence-electron chi connectivity index (χ1n) is 7.18. The summed E-state index contributed by atoms with van der Waals surface area (Å²) in [6.07, 6.45) is 0. The van der Waals surface area contributed by atoms with Gasteiger partial charge in [-0.2, -0.15) is 0 Å². The van der Waals surface area contributed by atoms with E-state index in [4.69, 9.17) is 9.15 Å². The second-order valence-corrected chi connectivity index (χ2v) is 6.36. The molecule has 0 amide bonds. The number of hydrogen-bond acceptors (Lipinski definition) is 3. The Labute approximate surface area is 134 Å². The van der Waals surface area contributed by atoms with Crippen LogP contribution in [0.25, 0.3) is 0 Å². The quantitative estimate of drug-likeness (QED) is 0.793. The highest BCUT2D eigenvalue weighted by Gasteiger charge is 2.08. The van der Waals surface area contributed by atoms with Gasteiger partial charge < -0.3 is 14.5 Å². The van der Waals surface area contributed by atoms with E-state index in [1.165, 1.54) is 5.56 Å². The molecule has 0 aliphatic carbocycles. The molecular weight excluding hydrogens is 330 g/mol. The van der Waals surface area contributed by atoms with Gasteiger partial charge in [-0.25, -0.2) is 0 Å². The van der Waals surface area contributed by atoms with Crippen molar-refractivity contribution in [3.05, 3.63) is 57.5 Å². The molecule has 1 aromatic heterocycles. The van der Waals surface area contributed by atoms with E-state index in [0.29, 0.717) is 19.3 Å². The predicted molar refractivity (Wildman–Crippen MR) is 88.1 cm³/mol. The highest BCUT2D eigenvalue weighted by Crippen LogP contribution is 2.17. The van der Waals surface area contributed by atoms with Crippen LogP contribution >= 0.6 is 15.9 Å². The summed E-state index contributed by atoms with van der Waals surface area (Å²) in [7, 11) is 0. The van der Waals surface area contributed by atoms with Gasteiger partial charge in [0.1, 0.15) is 18.1 Å². The lowest BCUT2D eigenvalue weighted by molar-refractivity contribution is 0.0923. The van der Waals surface area contributed by atoms with Crippen molar-refractivity contribution in [3.63, 3.8) is 0 Å². The van der Waals surface area contributed by atoms with Crippen LogP contribution in [0.2, 0.25) is 0 Å². The first-order chi connectivity index (χ1) is 10.0. The lowest BCUT2D eigenvalue weighted by atomic mass is 10.2.